The van der Waals surface area contributed by atoms with Gasteiger partial charge in [-0.15, -0.1) is 0 Å². The minimum absolute atomic E-state index is 0.270. The second-order valence-corrected chi connectivity index (χ2v) is 8.64. The summed E-state index contributed by atoms with van der Waals surface area (Å²) in [6.45, 7) is 3.66. The van der Waals surface area contributed by atoms with Crippen molar-refractivity contribution in [3.8, 4) is 5.75 Å². The van der Waals surface area contributed by atoms with E-state index >= 15 is 0 Å². The van der Waals surface area contributed by atoms with Crippen LogP contribution in [0, 0.1) is 6.92 Å². The van der Waals surface area contributed by atoms with E-state index in [2.05, 4.69) is 5.32 Å². The van der Waals surface area contributed by atoms with Gasteiger partial charge < -0.3 is 10.1 Å². The second kappa shape index (κ2) is 9.10. The molecule has 0 aliphatic rings. The number of nitrogens with zero attached hydrogens (tertiary/aromatic N) is 1. The summed E-state index contributed by atoms with van der Waals surface area (Å²) in [4.78, 5) is 12.3. The minimum atomic E-state index is -3.64. The average molecular weight is 411 g/mol. The Morgan fingerprint density at radius 2 is 1.93 bits per heavy atom. The van der Waals surface area contributed by atoms with Gasteiger partial charge in [-0.25, -0.2) is 8.42 Å². The number of hydrogen-bond acceptors (Lipinski definition) is 4. The topological polar surface area (TPSA) is 75.7 Å². The normalized spacial score (nSPS) is 12.3. The van der Waals surface area contributed by atoms with E-state index in [-0.39, 0.29) is 19.2 Å². The number of ether oxygens (including phenoxy) is 1. The number of halogens is 1. The van der Waals surface area contributed by atoms with Gasteiger partial charge in [0.05, 0.1) is 18.0 Å². The van der Waals surface area contributed by atoms with E-state index < -0.39 is 15.9 Å². The highest BCUT2D eigenvalue weighted by atomic mass is 35.5. The zero-order valence-electron chi connectivity index (χ0n) is 15.5. The van der Waals surface area contributed by atoms with E-state index in [1.807, 2.05) is 31.2 Å². The van der Waals surface area contributed by atoms with Crippen LogP contribution in [0.1, 0.15) is 12.5 Å². The Morgan fingerprint density at radius 1 is 1.22 bits per heavy atom. The van der Waals surface area contributed by atoms with Crippen LogP contribution in [0.15, 0.2) is 48.5 Å². The molecule has 0 aliphatic carbocycles. The molecule has 146 valence electrons. The van der Waals surface area contributed by atoms with Gasteiger partial charge in [0.25, 0.3) is 0 Å². The third-order valence-electron chi connectivity index (χ3n) is 3.77. The SMILES string of the molecule is Cc1ccccc1OC[C@@H](C)NC(=O)CN(c1cccc(Cl)c1)S(C)(=O)=O. The lowest BCUT2D eigenvalue weighted by molar-refractivity contribution is -0.120. The molecular weight excluding hydrogens is 388 g/mol. The maximum Gasteiger partial charge on any atom is 0.241 e. The summed E-state index contributed by atoms with van der Waals surface area (Å²) in [7, 11) is -3.64. The third-order valence-corrected chi connectivity index (χ3v) is 5.15. The summed E-state index contributed by atoms with van der Waals surface area (Å²) >= 11 is 5.93. The molecule has 0 fully saturated rings. The van der Waals surface area contributed by atoms with Crippen molar-refractivity contribution < 1.29 is 17.9 Å². The van der Waals surface area contributed by atoms with Gasteiger partial charge in [-0.05, 0) is 43.7 Å². The van der Waals surface area contributed by atoms with E-state index in [9.17, 15) is 13.2 Å². The van der Waals surface area contributed by atoms with E-state index in [0.29, 0.717) is 10.7 Å². The molecule has 2 aromatic carbocycles. The van der Waals surface area contributed by atoms with Crippen LogP contribution in [0.5, 0.6) is 5.75 Å². The highest BCUT2D eigenvalue weighted by molar-refractivity contribution is 7.92. The van der Waals surface area contributed by atoms with E-state index in [0.717, 1.165) is 21.9 Å². The molecule has 0 saturated carbocycles. The highest BCUT2D eigenvalue weighted by Crippen LogP contribution is 2.21. The van der Waals surface area contributed by atoms with Crippen LogP contribution in [0.25, 0.3) is 0 Å². The molecule has 1 N–H and O–H groups in total. The quantitative estimate of drug-likeness (QED) is 0.725. The molecule has 1 amide bonds. The summed E-state index contributed by atoms with van der Waals surface area (Å²) in [6.07, 6.45) is 1.05. The summed E-state index contributed by atoms with van der Waals surface area (Å²) in [5.41, 5.74) is 1.34. The van der Waals surface area contributed by atoms with Crippen LogP contribution < -0.4 is 14.4 Å². The second-order valence-electron chi connectivity index (χ2n) is 6.29. The van der Waals surface area contributed by atoms with Gasteiger partial charge in [0.15, 0.2) is 0 Å². The number of hydrogen-bond donors (Lipinski definition) is 1. The van der Waals surface area contributed by atoms with Crippen LogP contribution in [0.3, 0.4) is 0 Å². The van der Waals surface area contributed by atoms with Crippen LogP contribution in [-0.2, 0) is 14.8 Å². The van der Waals surface area contributed by atoms with E-state index in [4.69, 9.17) is 16.3 Å². The van der Waals surface area contributed by atoms with Crippen molar-refractivity contribution in [3.05, 3.63) is 59.1 Å². The number of sulfonamides is 1. The van der Waals surface area contributed by atoms with Crippen LogP contribution >= 0.6 is 11.6 Å². The molecule has 0 aromatic heterocycles. The van der Waals surface area contributed by atoms with E-state index in [1.165, 1.54) is 6.07 Å². The van der Waals surface area contributed by atoms with Crippen LogP contribution in [0.4, 0.5) is 5.69 Å². The number of benzene rings is 2. The number of nitrogens with one attached hydrogen (secondary N) is 1. The number of amides is 1. The smallest absolute Gasteiger partial charge is 0.241 e. The fourth-order valence-corrected chi connectivity index (χ4v) is 3.49. The number of anilines is 1. The molecule has 0 aliphatic heterocycles. The van der Waals surface area contributed by atoms with Crippen molar-refractivity contribution in [1.82, 2.24) is 5.32 Å². The minimum Gasteiger partial charge on any atom is -0.491 e. The first-order chi connectivity index (χ1) is 12.7. The van der Waals surface area contributed by atoms with Gasteiger partial charge in [-0.1, -0.05) is 35.9 Å². The largest absolute Gasteiger partial charge is 0.491 e. The average Bonchev–Trinajstić information content (AvgIpc) is 2.58. The Morgan fingerprint density at radius 3 is 2.56 bits per heavy atom. The molecule has 0 bridgehead atoms. The first kappa shape index (κ1) is 21.1. The van der Waals surface area contributed by atoms with Gasteiger partial charge in [0.1, 0.15) is 18.9 Å². The summed E-state index contributed by atoms with van der Waals surface area (Å²) in [5, 5.41) is 3.14. The van der Waals surface area contributed by atoms with Gasteiger partial charge in [-0.3, -0.25) is 9.10 Å². The first-order valence-corrected chi connectivity index (χ1v) is 10.6. The lowest BCUT2D eigenvalue weighted by Gasteiger charge is -2.23. The summed E-state index contributed by atoms with van der Waals surface area (Å²) in [5.74, 6) is 0.316. The Balaban J connectivity index is 1.98. The number of aryl methyl sites for hydroxylation is 1. The molecule has 8 heteroatoms. The number of carbonyl (C=O) groups is 1. The fraction of sp³-hybridized carbons (Fsp3) is 0.316. The molecule has 2 aromatic rings. The zero-order chi connectivity index (χ0) is 20.0. The van der Waals surface area contributed by atoms with Crippen molar-refractivity contribution in [1.29, 1.82) is 0 Å². The number of para-hydroxylation sites is 1. The monoisotopic (exact) mass is 410 g/mol. The van der Waals surface area contributed by atoms with Gasteiger partial charge >= 0.3 is 0 Å². The molecule has 0 unspecified atom stereocenters. The standard InChI is InChI=1S/C19H23ClN2O4S/c1-14-7-4-5-10-18(14)26-13-15(2)21-19(23)12-22(27(3,24)25)17-9-6-8-16(20)11-17/h4-11,15H,12-13H2,1-3H3,(H,21,23)/t15-/m1/s1. The van der Waals surface area contributed by atoms with Gasteiger partial charge in [0.2, 0.25) is 15.9 Å². The predicted octanol–water partition coefficient (Wildman–Crippen LogP) is 3.00. The van der Waals surface area contributed by atoms with Crippen molar-refractivity contribution in [2.24, 2.45) is 0 Å². The van der Waals surface area contributed by atoms with E-state index in [1.54, 1.807) is 25.1 Å². The lowest BCUT2D eigenvalue weighted by Crippen LogP contribution is -2.44. The zero-order valence-corrected chi connectivity index (χ0v) is 17.0. The summed E-state index contributed by atoms with van der Waals surface area (Å²) < 4.78 is 30.9. The number of carbonyl (C=O) groups excluding carboxylic acids is 1. The van der Waals surface area contributed by atoms with Gasteiger partial charge in [-0.2, -0.15) is 0 Å². The maximum atomic E-state index is 12.3. The number of rotatable bonds is 8. The predicted molar refractivity (Wildman–Crippen MR) is 108 cm³/mol. The lowest BCUT2D eigenvalue weighted by atomic mass is 10.2. The Labute approximate surface area is 165 Å². The van der Waals surface area contributed by atoms with Crippen molar-refractivity contribution >= 4 is 33.2 Å². The molecule has 0 saturated heterocycles. The Bertz CT molecular complexity index is 902. The highest BCUT2D eigenvalue weighted by Gasteiger charge is 2.22. The first-order valence-electron chi connectivity index (χ1n) is 8.38. The molecular formula is C19H23ClN2O4S. The Hall–Kier alpha value is -2.25. The molecule has 0 spiro atoms. The van der Waals surface area contributed by atoms with Gasteiger partial charge in [0, 0.05) is 5.02 Å². The van der Waals surface area contributed by atoms with Crippen molar-refractivity contribution in [2.45, 2.75) is 19.9 Å². The molecule has 2 rings (SSSR count). The summed E-state index contributed by atoms with van der Waals surface area (Å²) in [6, 6.07) is 13.7. The third kappa shape index (κ3) is 6.45. The van der Waals surface area contributed by atoms with Crippen molar-refractivity contribution in [2.75, 3.05) is 23.7 Å². The Kier molecular flexibility index (Phi) is 7.10. The molecule has 27 heavy (non-hydrogen) atoms. The molecule has 0 radical (unpaired) electrons. The maximum absolute atomic E-state index is 12.3. The molecule has 6 nitrogen and oxygen atoms in total. The van der Waals surface area contributed by atoms with Crippen molar-refractivity contribution in [3.63, 3.8) is 0 Å². The fourth-order valence-electron chi connectivity index (χ4n) is 2.46. The van der Waals surface area contributed by atoms with Crippen LogP contribution in [0.2, 0.25) is 5.02 Å². The molecule has 1 atom stereocenters. The van der Waals surface area contributed by atoms with Crippen LogP contribution in [-0.4, -0.2) is 39.8 Å². The molecule has 0 heterocycles.